The first-order chi connectivity index (χ1) is 55.7. The molecule has 1 aliphatic carbocycles. The molecule has 0 radical (unpaired) electrons. The molecular formula is C89H161O25P. The predicted molar refractivity (Wildman–Crippen MR) is 444 cm³/mol. The summed E-state index contributed by atoms with van der Waals surface area (Å²) in [6.07, 6.45) is 28.7. The molecule has 25 nitrogen and oxygen atoms in total. The van der Waals surface area contributed by atoms with Crippen LogP contribution in [0, 0.1) is 0 Å². The maximum Gasteiger partial charge on any atom is 0.472 e. The van der Waals surface area contributed by atoms with E-state index in [-0.39, 0.29) is 25.7 Å². The van der Waals surface area contributed by atoms with Crippen LogP contribution < -0.4 is 0 Å². The summed E-state index contributed by atoms with van der Waals surface area (Å²) in [6.45, 7) is 5.52. The van der Waals surface area contributed by atoms with Crippen molar-refractivity contribution in [2.24, 2.45) is 0 Å². The number of phosphoric acid groups is 1. The quantitative estimate of drug-likeness (QED) is 0.00889. The zero-order valence-electron chi connectivity index (χ0n) is 71.3. The van der Waals surface area contributed by atoms with Crippen LogP contribution in [0.4, 0.5) is 0 Å². The van der Waals surface area contributed by atoms with Crippen LogP contribution in [0.3, 0.4) is 0 Å². The summed E-state index contributed by atoms with van der Waals surface area (Å²) in [5.41, 5.74) is 0. The highest BCUT2D eigenvalue weighted by molar-refractivity contribution is 7.47. The third kappa shape index (κ3) is 48.8. The molecular weight excluding hydrogens is 1500 g/mol. The normalized spacial score (nSPS) is 25.4. The van der Waals surface area contributed by atoms with Crippen molar-refractivity contribution in [3.8, 4) is 0 Å². The maximum atomic E-state index is 14.9. The Morgan fingerprint density at radius 3 is 1.05 bits per heavy atom. The van der Waals surface area contributed by atoms with Crippen molar-refractivity contribution in [2.45, 2.75) is 479 Å². The Morgan fingerprint density at radius 2 is 0.652 bits per heavy atom. The Kier molecular flexibility index (Phi) is 62.8. The summed E-state index contributed by atoms with van der Waals surface area (Å²) in [5.74, 6) is -3.00. The fraction of sp³-hybridized carbons (Fsp3) is 0.888. The molecule has 0 aromatic heterocycles. The van der Waals surface area contributed by atoms with E-state index in [4.69, 9.17) is 46.9 Å². The fourth-order valence-electron chi connectivity index (χ4n) is 14.8. The number of unbranched alkanes of at least 4 members (excludes halogenated alkanes) is 43. The van der Waals surface area contributed by atoms with Crippen LogP contribution in [0.25, 0.3) is 0 Å². The fourth-order valence-corrected chi connectivity index (χ4v) is 15.7. The van der Waals surface area contributed by atoms with E-state index in [1.807, 2.05) is 0 Å². The number of esters is 4. The van der Waals surface area contributed by atoms with E-state index in [0.717, 1.165) is 154 Å². The number of carbonyl (C=O) groups excluding carboxylic acids is 4. The van der Waals surface area contributed by atoms with Gasteiger partial charge in [-0.1, -0.05) is 282 Å². The zero-order chi connectivity index (χ0) is 84.0. The molecule has 2 aliphatic heterocycles. The van der Waals surface area contributed by atoms with Gasteiger partial charge in [-0.05, 0) is 103 Å². The highest BCUT2D eigenvalue weighted by Crippen LogP contribution is 2.49. The first kappa shape index (κ1) is 106. The van der Waals surface area contributed by atoms with Gasteiger partial charge in [-0.2, -0.15) is 0 Å². The number of ether oxygens (including phenoxy) is 8. The highest BCUT2D eigenvalue weighted by atomic mass is 31.2. The monoisotopic (exact) mass is 1660 g/mol. The Morgan fingerprint density at radius 1 is 0.339 bits per heavy atom. The van der Waals surface area contributed by atoms with Gasteiger partial charge in [0.05, 0.1) is 13.2 Å². The molecule has 0 bridgehead atoms. The van der Waals surface area contributed by atoms with E-state index in [2.05, 4.69) is 64.2 Å². The van der Waals surface area contributed by atoms with Gasteiger partial charge in [0.25, 0.3) is 0 Å². The molecule has 1 saturated carbocycles. The molecule has 3 rings (SSSR count). The van der Waals surface area contributed by atoms with Crippen LogP contribution >= 0.6 is 7.82 Å². The average molecular weight is 1660 g/mol. The first-order valence-corrected chi connectivity index (χ1v) is 47.2. The number of phosphoric ester groups is 1. The molecule has 3 aliphatic rings. The second kappa shape index (κ2) is 68.3. The molecule has 0 amide bonds. The summed E-state index contributed by atoms with van der Waals surface area (Å²) in [6, 6.07) is 0. The second-order valence-electron chi connectivity index (χ2n) is 32.4. The number of hydrogen-bond donors (Lipinski definition) is 10. The van der Waals surface area contributed by atoms with Crippen molar-refractivity contribution < 1.29 is 122 Å². The highest BCUT2D eigenvalue weighted by Gasteiger charge is 2.60. The number of rotatable bonds is 73. The Labute approximate surface area is 691 Å². The molecule has 18 atom stereocenters. The standard InChI is InChI=1S/C89H161O25P/c1-5-9-13-17-21-25-29-33-35-39-42-45-49-53-57-61-72(91)105-66-69(108-74(93)63-59-55-51-47-44-40-36-34-30-26-22-18-14-10-6-2)67-107-115(103,104)114-87-85(112-88-82(101)78(97)76(95)70(65-90)109-88)81(100)80(99)84(111-75(94)64-60-56-52-48-43-38-32-28-24-20-16-12-8-4)86(87)113-89-83(102)79(98)77(96)71(110-89)68-106-73(92)62-58-54-50-46-41-37-31-27-23-19-15-11-7-3/h25-26,29-30,37,41,69-71,76-90,95-102H,5-24,27-28,31-36,38-40,42-68H2,1-4H3,(H,103,104)/b29-25-,30-26-,41-37-. The third-order valence-corrected chi connectivity index (χ3v) is 23.1. The van der Waals surface area contributed by atoms with E-state index in [1.54, 1.807) is 0 Å². The summed E-state index contributed by atoms with van der Waals surface area (Å²) in [4.78, 5) is 66.3. The van der Waals surface area contributed by atoms with E-state index in [9.17, 15) is 74.6 Å². The SMILES string of the molecule is CCCCCC/C=C\CCCCCCCCCC(=O)OCC(COP(=O)(O)OC1C(OC2OC(CO)C(O)C(O)C2O)C(O)C(O)C(OC(=O)CCCCCCCCCCCCCCC)C1OC1OC(COC(=O)CCCCC/C=C\CCCCCCCC)C(O)C(O)C1O)OC(=O)CCCCCCCCC/C=C\CCCCCC. The largest absolute Gasteiger partial charge is 0.472 e. The Bertz CT molecular complexity index is 2540. The van der Waals surface area contributed by atoms with Gasteiger partial charge in [0.2, 0.25) is 0 Å². The Balaban J connectivity index is 1.93. The second-order valence-corrected chi connectivity index (χ2v) is 33.9. The maximum absolute atomic E-state index is 14.9. The number of allylic oxidation sites excluding steroid dienone is 6. The van der Waals surface area contributed by atoms with Gasteiger partial charge in [0.15, 0.2) is 24.8 Å². The van der Waals surface area contributed by atoms with Crippen molar-refractivity contribution in [3.05, 3.63) is 36.5 Å². The van der Waals surface area contributed by atoms with Crippen LogP contribution in [0.15, 0.2) is 36.5 Å². The zero-order valence-corrected chi connectivity index (χ0v) is 72.2. The van der Waals surface area contributed by atoms with E-state index >= 15 is 0 Å². The van der Waals surface area contributed by atoms with Gasteiger partial charge in [0.1, 0.15) is 92.6 Å². The summed E-state index contributed by atoms with van der Waals surface area (Å²) in [5, 5.41) is 102. The number of aliphatic hydroxyl groups excluding tert-OH is 9. The number of hydrogen-bond acceptors (Lipinski definition) is 24. The van der Waals surface area contributed by atoms with E-state index in [0.29, 0.717) is 44.9 Å². The minimum Gasteiger partial charge on any atom is -0.463 e. The molecule has 2 saturated heterocycles. The van der Waals surface area contributed by atoms with Crippen LogP contribution in [0.2, 0.25) is 0 Å². The topological polar surface area (TPSA) is 380 Å². The molecule has 2 heterocycles. The lowest BCUT2D eigenvalue weighted by Crippen LogP contribution is -2.70. The van der Waals surface area contributed by atoms with Gasteiger partial charge in [-0.25, -0.2) is 4.57 Å². The third-order valence-electron chi connectivity index (χ3n) is 22.1. The first-order valence-electron chi connectivity index (χ1n) is 45.7. The molecule has 672 valence electrons. The Hall–Kier alpha value is -3.31. The minimum absolute atomic E-state index is 0.00686. The molecule has 115 heavy (non-hydrogen) atoms. The van der Waals surface area contributed by atoms with Crippen LogP contribution in [-0.4, -0.2) is 205 Å². The van der Waals surface area contributed by atoms with Crippen molar-refractivity contribution in [1.29, 1.82) is 0 Å². The number of carbonyl (C=O) groups is 4. The lowest BCUT2D eigenvalue weighted by molar-refractivity contribution is -0.360. The van der Waals surface area contributed by atoms with Gasteiger partial charge in [0, 0.05) is 25.7 Å². The minimum atomic E-state index is -5.81. The molecule has 0 spiro atoms. The van der Waals surface area contributed by atoms with Gasteiger partial charge in [-0.15, -0.1) is 0 Å². The molecule has 18 unspecified atom stereocenters. The molecule has 0 aromatic rings. The van der Waals surface area contributed by atoms with Crippen molar-refractivity contribution in [1.82, 2.24) is 0 Å². The van der Waals surface area contributed by atoms with Crippen molar-refractivity contribution >= 4 is 31.7 Å². The number of aliphatic hydroxyl groups is 9. The van der Waals surface area contributed by atoms with Gasteiger partial charge < -0.3 is 88.7 Å². The van der Waals surface area contributed by atoms with Crippen LogP contribution in [-0.2, 0) is 70.7 Å². The van der Waals surface area contributed by atoms with Gasteiger partial charge >= 0.3 is 31.7 Å². The van der Waals surface area contributed by atoms with E-state index in [1.165, 1.54) is 122 Å². The van der Waals surface area contributed by atoms with E-state index < -0.39 is 162 Å². The average Bonchev–Trinajstić information content (AvgIpc) is 0.754. The van der Waals surface area contributed by atoms with Crippen molar-refractivity contribution in [3.63, 3.8) is 0 Å². The van der Waals surface area contributed by atoms with Crippen LogP contribution in [0.1, 0.15) is 374 Å². The van der Waals surface area contributed by atoms with Crippen LogP contribution in [0.5, 0.6) is 0 Å². The molecule has 26 heteroatoms. The molecule has 10 N–H and O–H groups in total. The lowest BCUT2D eigenvalue weighted by atomic mass is 9.84. The summed E-state index contributed by atoms with van der Waals surface area (Å²) >= 11 is 0. The summed E-state index contributed by atoms with van der Waals surface area (Å²) in [7, 11) is -5.81. The smallest absolute Gasteiger partial charge is 0.463 e. The molecule has 3 fully saturated rings. The molecule has 0 aromatic carbocycles. The lowest BCUT2D eigenvalue weighted by Gasteiger charge is -2.50. The predicted octanol–water partition coefficient (Wildman–Crippen LogP) is 16.3. The van der Waals surface area contributed by atoms with Crippen molar-refractivity contribution in [2.75, 3.05) is 26.4 Å². The summed E-state index contributed by atoms with van der Waals surface area (Å²) < 4.78 is 73.3. The van der Waals surface area contributed by atoms with Gasteiger partial charge in [-0.3, -0.25) is 28.2 Å².